The van der Waals surface area contributed by atoms with Gasteiger partial charge in [0.25, 0.3) is 0 Å². The zero-order valence-corrected chi connectivity index (χ0v) is 15.3. The van der Waals surface area contributed by atoms with E-state index in [2.05, 4.69) is 15.3 Å². The molecule has 4 nitrogen and oxygen atoms in total. The van der Waals surface area contributed by atoms with Gasteiger partial charge in [-0.1, -0.05) is 0 Å². The number of rotatable bonds is 2. The van der Waals surface area contributed by atoms with Crippen LogP contribution in [-0.2, 0) is 6.18 Å². The number of hydrogen-bond acceptors (Lipinski definition) is 4. The molecule has 0 aliphatic carbocycles. The lowest BCUT2D eigenvalue weighted by Gasteiger charge is -2.22. The molecule has 146 valence electrons. The highest BCUT2D eigenvalue weighted by Gasteiger charge is 2.32. The summed E-state index contributed by atoms with van der Waals surface area (Å²) in [4.78, 5) is 9.23. The van der Waals surface area contributed by atoms with Crippen LogP contribution in [-0.4, -0.2) is 28.2 Å². The highest BCUT2D eigenvalue weighted by Crippen LogP contribution is 2.38. The Bertz CT molecular complexity index is 1000. The fourth-order valence-electron chi connectivity index (χ4n) is 3.75. The minimum Gasteiger partial charge on any atom is -0.507 e. The second kappa shape index (κ2) is 7.05. The van der Waals surface area contributed by atoms with E-state index in [1.54, 1.807) is 6.07 Å². The lowest BCUT2D eigenvalue weighted by molar-refractivity contribution is -0.137. The average Bonchev–Trinajstić information content (AvgIpc) is 2.67. The first kappa shape index (κ1) is 18.7. The standard InChI is InChI=1S/C21H20F3N3O/c1-12-9-15(21(22,23)24)10-18(28)19(12)17-7-5-13-4-6-16(26-20(13)27-17)14-3-2-8-25-11-14/h4-7,9-10,14,25,28H,2-3,8,11H2,1H3. The van der Waals surface area contributed by atoms with E-state index in [-0.39, 0.29) is 0 Å². The predicted octanol–water partition coefficient (Wildman–Crippen LogP) is 4.80. The first-order chi connectivity index (χ1) is 13.3. The van der Waals surface area contributed by atoms with Crippen molar-refractivity contribution in [2.24, 2.45) is 0 Å². The van der Waals surface area contributed by atoms with Crippen molar-refractivity contribution in [1.82, 2.24) is 15.3 Å². The number of pyridine rings is 2. The quantitative estimate of drug-likeness (QED) is 0.663. The van der Waals surface area contributed by atoms with Crippen molar-refractivity contribution >= 4 is 11.0 Å². The SMILES string of the molecule is Cc1cc(C(F)(F)F)cc(O)c1-c1ccc2ccc(C3CCCNC3)nc2n1. The summed E-state index contributed by atoms with van der Waals surface area (Å²) >= 11 is 0. The predicted molar refractivity (Wildman–Crippen MR) is 101 cm³/mol. The van der Waals surface area contributed by atoms with Crippen LogP contribution in [0, 0.1) is 6.92 Å². The van der Waals surface area contributed by atoms with Gasteiger partial charge in [-0.3, -0.25) is 0 Å². The Hall–Kier alpha value is -2.67. The number of halogens is 3. The Morgan fingerprint density at radius 3 is 2.57 bits per heavy atom. The molecule has 0 saturated carbocycles. The molecule has 1 aliphatic heterocycles. The Morgan fingerprint density at radius 1 is 1.11 bits per heavy atom. The minimum absolute atomic E-state index is 0.293. The van der Waals surface area contributed by atoms with Crippen molar-refractivity contribution in [3.05, 3.63) is 53.2 Å². The molecule has 2 N–H and O–H groups in total. The Balaban J connectivity index is 1.77. The van der Waals surface area contributed by atoms with Crippen molar-refractivity contribution in [3.63, 3.8) is 0 Å². The number of phenols is 1. The Morgan fingerprint density at radius 2 is 1.89 bits per heavy atom. The largest absolute Gasteiger partial charge is 0.507 e. The van der Waals surface area contributed by atoms with E-state index in [4.69, 9.17) is 0 Å². The molecule has 0 spiro atoms. The third-order valence-electron chi connectivity index (χ3n) is 5.19. The van der Waals surface area contributed by atoms with Gasteiger partial charge in [-0.05, 0) is 68.3 Å². The summed E-state index contributed by atoms with van der Waals surface area (Å²) in [5, 5.41) is 14.5. The number of aromatic hydroxyl groups is 1. The maximum Gasteiger partial charge on any atom is 0.416 e. The normalized spacial score (nSPS) is 17.8. The van der Waals surface area contributed by atoms with Crippen molar-refractivity contribution in [3.8, 4) is 17.0 Å². The van der Waals surface area contributed by atoms with Gasteiger partial charge >= 0.3 is 6.18 Å². The molecule has 0 amide bonds. The number of nitrogens with zero attached hydrogens (tertiary/aromatic N) is 2. The summed E-state index contributed by atoms with van der Waals surface area (Å²) in [5.41, 5.74) is 1.62. The molecule has 4 rings (SSSR count). The molecule has 1 unspecified atom stereocenters. The van der Waals surface area contributed by atoms with Crippen LogP contribution in [0.25, 0.3) is 22.3 Å². The van der Waals surface area contributed by atoms with E-state index in [0.717, 1.165) is 49.1 Å². The van der Waals surface area contributed by atoms with E-state index in [1.165, 1.54) is 6.92 Å². The molecule has 7 heteroatoms. The Kier molecular flexibility index (Phi) is 4.71. The third-order valence-corrected chi connectivity index (χ3v) is 5.19. The van der Waals surface area contributed by atoms with Crippen LogP contribution in [0.1, 0.15) is 35.6 Å². The van der Waals surface area contributed by atoms with Crippen molar-refractivity contribution in [2.75, 3.05) is 13.1 Å². The number of aromatic nitrogens is 2. The molecule has 1 aliphatic rings. The maximum atomic E-state index is 13.0. The summed E-state index contributed by atoms with van der Waals surface area (Å²) < 4.78 is 38.9. The van der Waals surface area contributed by atoms with Gasteiger partial charge in [-0.2, -0.15) is 13.2 Å². The van der Waals surface area contributed by atoms with Gasteiger partial charge in [0.15, 0.2) is 5.65 Å². The Labute approximate surface area is 160 Å². The van der Waals surface area contributed by atoms with Crippen LogP contribution >= 0.6 is 0 Å². The molecule has 28 heavy (non-hydrogen) atoms. The first-order valence-electron chi connectivity index (χ1n) is 9.22. The van der Waals surface area contributed by atoms with Gasteiger partial charge in [0.2, 0.25) is 0 Å². The topological polar surface area (TPSA) is 58.0 Å². The lowest BCUT2D eigenvalue weighted by Crippen LogP contribution is -2.28. The molecule has 1 saturated heterocycles. The van der Waals surface area contributed by atoms with Gasteiger partial charge in [-0.15, -0.1) is 0 Å². The molecule has 2 aromatic heterocycles. The molecular weight excluding hydrogens is 367 g/mol. The molecule has 0 bridgehead atoms. The number of benzene rings is 1. The van der Waals surface area contributed by atoms with Crippen molar-refractivity contribution < 1.29 is 18.3 Å². The highest BCUT2D eigenvalue weighted by molar-refractivity contribution is 5.81. The second-order valence-electron chi connectivity index (χ2n) is 7.21. The van der Waals surface area contributed by atoms with E-state index in [9.17, 15) is 18.3 Å². The highest BCUT2D eigenvalue weighted by atomic mass is 19.4. The number of nitrogens with one attached hydrogen (secondary N) is 1. The van der Waals surface area contributed by atoms with Crippen LogP contribution in [0.15, 0.2) is 36.4 Å². The fraction of sp³-hybridized carbons (Fsp3) is 0.333. The smallest absolute Gasteiger partial charge is 0.416 e. The summed E-state index contributed by atoms with van der Waals surface area (Å²) in [5.74, 6) is -0.114. The number of piperidine rings is 1. The summed E-state index contributed by atoms with van der Waals surface area (Å²) in [7, 11) is 0. The molecule has 0 radical (unpaired) electrons. The maximum absolute atomic E-state index is 13.0. The van der Waals surface area contributed by atoms with E-state index in [0.29, 0.717) is 28.4 Å². The molecule has 3 heterocycles. The van der Waals surface area contributed by atoms with E-state index >= 15 is 0 Å². The van der Waals surface area contributed by atoms with E-state index in [1.807, 2.05) is 18.2 Å². The van der Waals surface area contributed by atoms with Gasteiger partial charge in [0.1, 0.15) is 5.75 Å². The average molecular weight is 387 g/mol. The fourth-order valence-corrected chi connectivity index (χ4v) is 3.75. The van der Waals surface area contributed by atoms with Crippen LogP contribution in [0.3, 0.4) is 0 Å². The lowest BCUT2D eigenvalue weighted by atomic mass is 9.95. The van der Waals surface area contributed by atoms with Crippen LogP contribution in [0.2, 0.25) is 0 Å². The van der Waals surface area contributed by atoms with Gasteiger partial charge in [0.05, 0.1) is 11.3 Å². The molecule has 3 aromatic rings. The van der Waals surface area contributed by atoms with Gasteiger partial charge < -0.3 is 10.4 Å². The monoisotopic (exact) mass is 387 g/mol. The van der Waals surface area contributed by atoms with Gasteiger partial charge in [-0.25, -0.2) is 9.97 Å². The van der Waals surface area contributed by atoms with Gasteiger partial charge in [0, 0.05) is 29.1 Å². The number of fused-ring (bicyclic) bond motifs is 1. The van der Waals surface area contributed by atoms with Crippen molar-refractivity contribution in [2.45, 2.75) is 31.9 Å². The number of hydrogen-bond donors (Lipinski definition) is 2. The molecule has 1 atom stereocenters. The summed E-state index contributed by atoms with van der Waals surface area (Å²) in [6, 6.07) is 9.25. The minimum atomic E-state index is -4.51. The number of phenolic OH excluding ortho intramolecular Hbond substituents is 1. The van der Waals surface area contributed by atoms with Crippen LogP contribution in [0.4, 0.5) is 13.2 Å². The summed E-state index contributed by atoms with van der Waals surface area (Å²) in [6.07, 6.45) is -2.36. The van der Waals surface area contributed by atoms with Crippen LogP contribution < -0.4 is 5.32 Å². The third kappa shape index (κ3) is 3.54. The molecular formula is C21H20F3N3O. The summed E-state index contributed by atoms with van der Waals surface area (Å²) in [6.45, 7) is 3.42. The second-order valence-corrected chi connectivity index (χ2v) is 7.21. The molecule has 1 fully saturated rings. The first-order valence-corrected chi connectivity index (χ1v) is 9.22. The van der Waals surface area contributed by atoms with Crippen LogP contribution in [0.5, 0.6) is 5.75 Å². The molecule has 1 aromatic carbocycles. The number of alkyl halides is 3. The van der Waals surface area contributed by atoms with Crippen molar-refractivity contribution in [1.29, 1.82) is 0 Å². The van der Waals surface area contributed by atoms with E-state index < -0.39 is 17.5 Å². The zero-order chi connectivity index (χ0) is 19.9. The zero-order valence-electron chi connectivity index (χ0n) is 15.3. The number of aryl methyl sites for hydroxylation is 1.